The van der Waals surface area contributed by atoms with Crippen LogP contribution in [0.3, 0.4) is 0 Å². The molecular weight excluding hydrogens is 503 g/mol. The second-order valence-corrected chi connectivity index (χ2v) is 9.92. The van der Waals surface area contributed by atoms with Gasteiger partial charge < -0.3 is 9.03 Å². The van der Waals surface area contributed by atoms with Crippen LogP contribution in [0.1, 0.15) is 20.3 Å². The molecule has 1 aliphatic rings. The van der Waals surface area contributed by atoms with Gasteiger partial charge >= 0.3 is 0 Å². The summed E-state index contributed by atoms with van der Waals surface area (Å²) in [4.78, 5) is 5.75. The maximum Gasteiger partial charge on any atom is 0.0725 e. The number of nitrogens with one attached hydrogen (secondary N) is 2. The van der Waals surface area contributed by atoms with Crippen molar-refractivity contribution in [2.75, 3.05) is 22.1 Å². The summed E-state index contributed by atoms with van der Waals surface area (Å²) in [5, 5.41) is 2.49. The number of benzene rings is 3. The third kappa shape index (κ3) is 5.93. The van der Waals surface area contributed by atoms with Gasteiger partial charge in [0.15, 0.2) is 0 Å². The van der Waals surface area contributed by atoms with E-state index >= 15 is 0 Å². The number of pyridine rings is 1. The summed E-state index contributed by atoms with van der Waals surface area (Å²) < 4.78 is 8.92. The van der Waals surface area contributed by atoms with E-state index in [9.17, 15) is 0 Å². The van der Waals surface area contributed by atoms with Gasteiger partial charge in [0.1, 0.15) is 0 Å². The molecule has 5 rings (SSSR count). The second kappa shape index (κ2) is 12.0. The van der Waals surface area contributed by atoms with E-state index in [4.69, 9.17) is 28.2 Å². The lowest BCUT2D eigenvalue weighted by molar-refractivity contribution is 0.777. The quantitative estimate of drug-likeness (QED) is 0.252. The van der Waals surface area contributed by atoms with Crippen LogP contribution < -0.4 is 13.7 Å². The average Bonchev–Trinajstić information content (AvgIpc) is 2.90. The van der Waals surface area contributed by atoms with Gasteiger partial charge in [0, 0.05) is 52.4 Å². The molecule has 1 fully saturated rings. The van der Waals surface area contributed by atoms with Crippen molar-refractivity contribution in [3.05, 3.63) is 82.8 Å². The third-order valence-corrected chi connectivity index (χ3v) is 7.75. The van der Waals surface area contributed by atoms with Crippen molar-refractivity contribution in [2.45, 2.75) is 25.2 Å². The molecule has 34 heavy (non-hydrogen) atoms. The topological polar surface area (TPSA) is 40.2 Å². The highest BCUT2D eigenvalue weighted by atomic mass is 35.5. The number of aromatic nitrogens is 1. The lowest BCUT2D eigenvalue weighted by atomic mass is 10.1. The summed E-state index contributed by atoms with van der Waals surface area (Å²) in [7, 11) is 0. The van der Waals surface area contributed by atoms with E-state index in [0.29, 0.717) is 5.02 Å². The molecule has 2 heterocycles. The zero-order valence-corrected chi connectivity index (χ0v) is 22.2. The van der Waals surface area contributed by atoms with Gasteiger partial charge in [-0.05, 0) is 66.9 Å². The Morgan fingerprint density at radius 3 is 2.62 bits per heavy atom. The molecule has 0 aliphatic carbocycles. The first kappa shape index (κ1) is 25.0. The molecule has 0 bridgehead atoms. The van der Waals surface area contributed by atoms with Crippen LogP contribution in [0.4, 0.5) is 11.4 Å². The lowest BCUT2D eigenvalue weighted by Gasteiger charge is -2.27. The van der Waals surface area contributed by atoms with Crippen molar-refractivity contribution in [3.8, 4) is 11.3 Å². The Bertz CT molecular complexity index is 1260. The number of fused-ring (bicyclic) bond motifs is 1. The van der Waals surface area contributed by atoms with Gasteiger partial charge in [0.25, 0.3) is 0 Å². The molecule has 176 valence electrons. The predicted molar refractivity (Wildman–Crippen MR) is 152 cm³/mol. The summed E-state index contributed by atoms with van der Waals surface area (Å²) in [6, 6.07) is 24.2. The van der Waals surface area contributed by atoms with Gasteiger partial charge in [0.05, 0.1) is 21.3 Å². The van der Waals surface area contributed by atoms with Crippen LogP contribution in [0.15, 0.2) is 77.7 Å². The molecule has 1 saturated heterocycles. The van der Waals surface area contributed by atoms with Crippen LogP contribution in [-0.4, -0.2) is 18.1 Å². The molecule has 1 aromatic heterocycles. The normalized spacial score (nSPS) is 13.4. The van der Waals surface area contributed by atoms with E-state index < -0.39 is 0 Å². The van der Waals surface area contributed by atoms with E-state index in [1.807, 2.05) is 68.4 Å². The average molecular weight is 530 g/mol. The summed E-state index contributed by atoms with van der Waals surface area (Å²) in [6.45, 7) is 6.04. The largest absolute Gasteiger partial charge is 0.326 e. The maximum atomic E-state index is 6.57. The van der Waals surface area contributed by atoms with Crippen LogP contribution in [0.25, 0.3) is 22.2 Å². The van der Waals surface area contributed by atoms with E-state index in [1.165, 1.54) is 11.9 Å². The van der Waals surface area contributed by atoms with E-state index in [-0.39, 0.29) is 0 Å². The summed E-state index contributed by atoms with van der Waals surface area (Å²) in [5.41, 5.74) is 4.72. The Balaban J connectivity index is 0.00000133. The second-order valence-electron chi connectivity index (χ2n) is 7.34. The highest BCUT2D eigenvalue weighted by Crippen LogP contribution is 2.36. The van der Waals surface area contributed by atoms with Gasteiger partial charge in [-0.3, -0.25) is 0 Å². The number of rotatable bonds is 5. The Kier molecular flexibility index (Phi) is 8.86. The molecule has 0 atom stereocenters. The van der Waals surface area contributed by atoms with Crippen LogP contribution in [0.2, 0.25) is 10.0 Å². The number of anilines is 2. The Morgan fingerprint density at radius 1 is 0.971 bits per heavy atom. The fourth-order valence-corrected chi connectivity index (χ4v) is 5.47. The monoisotopic (exact) mass is 528 g/mol. The van der Waals surface area contributed by atoms with Crippen molar-refractivity contribution < 1.29 is 0 Å². The van der Waals surface area contributed by atoms with Crippen LogP contribution >= 0.6 is 47.3 Å². The van der Waals surface area contributed by atoms with Gasteiger partial charge in [-0.2, -0.15) is 0 Å². The van der Waals surface area contributed by atoms with Crippen LogP contribution in [-0.2, 0) is 0 Å². The highest BCUT2D eigenvalue weighted by Gasteiger charge is 2.14. The minimum atomic E-state index is 0.665. The molecule has 0 amide bonds. The van der Waals surface area contributed by atoms with E-state index in [0.717, 1.165) is 63.0 Å². The zero-order valence-electron chi connectivity index (χ0n) is 19.0. The molecule has 4 nitrogen and oxygen atoms in total. The first-order valence-electron chi connectivity index (χ1n) is 11.2. The molecule has 1 aliphatic heterocycles. The Hall–Kier alpha value is -2.09. The van der Waals surface area contributed by atoms with Gasteiger partial charge in [-0.25, -0.2) is 9.71 Å². The number of halogens is 2. The van der Waals surface area contributed by atoms with Crippen molar-refractivity contribution in [3.63, 3.8) is 0 Å². The smallest absolute Gasteiger partial charge is 0.0725 e. The van der Waals surface area contributed by atoms with Gasteiger partial charge in [-0.1, -0.05) is 61.3 Å². The summed E-state index contributed by atoms with van der Waals surface area (Å²) in [5.74, 6) is 0. The maximum absolute atomic E-state index is 6.57. The molecule has 4 aromatic rings. The SMILES string of the molecule is CC.Clc1cc(N2CCCNS2)ccc1SNc1ccc(Cl)c(-c2ccc3ccccc3n2)c1. The van der Waals surface area contributed by atoms with E-state index in [1.54, 1.807) is 12.1 Å². The first-order chi connectivity index (χ1) is 16.7. The third-order valence-electron chi connectivity index (χ3n) is 5.14. The zero-order chi connectivity index (χ0) is 23.9. The molecule has 8 heteroatoms. The molecule has 0 radical (unpaired) electrons. The molecule has 0 unspecified atom stereocenters. The predicted octanol–water partition coefficient (Wildman–Crippen LogP) is 8.72. The van der Waals surface area contributed by atoms with E-state index in [2.05, 4.69) is 31.9 Å². The van der Waals surface area contributed by atoms with Crippen molar-refractivity contribution >= 4 is 69.6 Å². The molecule has 3 aromatic carbocycles. The first-order valence-corrected chi connectivity index (χ1v) is 13.6. The molecule has 0 spiro atoms. The number of hydrogen-bond acceptors (Lipinski definition) is 6. The Labute approximate surface area is 219 Å². The van der Waals surface area contributed by atoms with Crippen molar-refractivity contribution in [1.29, 1.82) is 0 Å². The number of para-hydroxylation sites is 1. The Morgan fingerprint density at radius 2 is 1.82 bits per heavy atom. The van der Waals surface area contributed by atoms with Crippen LogP contribution in [0.5, 0.6) is 0 Å². The minimum Gasteiger partial charge on any atom is -0.326 e. The summed E-state index contributed by atoms with van der Waals surface area (Å²) >= 11 is 16.2. The fourth-order valence-electron chi connectivity index (χ4n) is 3.49. The number of hydrogen-bond donors (Lipinski definition) is 2. The fraction of sp³-hybridized carbons (Fsp3) is 0.192. The van der Waals surface area contributed by atoms with Crippen molar-refractivity contribution in [2.24, 2.45) is 0 Å². The highest BCUT2D eigenvalue weighted by molar-refractivity contribution is 8.00. The molecule has 2 N–H and O–H groups in total. The van der Waals surface area contributed by atoms with Gasteiger partial charge in [-0.15, -0.1) is 0 Å². The molecule has 0 saturated carbocycles. The standard InChI is InChI=1S/C24H20Cl2N4S2.C2H6/c25-20-9-7-17(14-19(20)23-10-6-16-4-1-2-5-22(16)28-23)29-31-24-11-8-18(15-21(24)26)30-13-3-12-27-32-30;1-2/h1-2,4-11,14-15,27,29H,3,12-13H2;1-2H3. The van der Waals surface area contributed by atoms with Gasteiger partial charge in [0.2, 0.25) is 0 Å². The minimum absolute atomic E-state index is 0.665. The summed E-state index contributed by atoms with van der Waals surface area (Å²) in [6.07, 6.45) is 1.12. The lowest BCUT2D eigenvalue weighted by Crippen LogP contribution is -2.29. The molecular formula is C26H26Cl2N4S2. The van der Waals surface area contributed by atoms with Crippen molar-refractivity contribution in [1.82, 2.24) is 9.71 Å². The van der Waals surface area contributed by atoms with Crippen LogP contribution in [0, 0.1) is 0 Å². The number of nitrogens with zero attached hydrogens (tertiary/aromatic N) is 2.